The van der Waals surface area contributed by atoms with Crippen LogP contribution in [0.1, 0.15) is 0 Å². The van der Waals surface area contributed by atoms with Crippen molar-refractivity contribution in [1.29, 1.82) is 0 Å². The lowest BCUT2D eigenvalue weighted by Gasteiger charge is -2.52. The summed E-state index contributed by atoms with van der Waals surface area (Å²) >= 11 is 0. The van der Waals surface area contributed by atoms with Crippen LogP contribution in [0, 0.1) is 0 Å². The van der Waals surface area contributed by atoms with Crippen LogP contribution in [0.5, 0.6) is 0 Å². The van der Waals surface area contributed by atoms with Crippen LogP contribution in [0.2, 0.25) is 78.6 Å². The van der Waals surface area contributed by atoms with Gasteiger partial charge in [0.1, 0.15) is 32.9 Å². The van der Waals surface area contributed by atoms with Crippen LogP contribution in [0.3, 0.4) is 0 Å². The number of hydrogen-bond acceptors (Lipinski definition) is 2. The Morgan fingerprint density at radius 3 is 0.833 bits per heavy atom. The Morgan fingerprint density at radius 1 is 0.458 bits per heavy atom. The van der Waals surface area contributed by atoms with E-state index in [4.69, 9.17) is 0 Å². The van der Waals surface area contributed by atoms with Crippen molar-refractivity contribution >= 4 is 44.3 Å². The summed E-state index contributed by atoms with van der Waals surface area (Å²) in [7, 11) is -5.84. The number of anilines is 2. The first-order valence-electron chi connectivity index (χ1n) is 9.17. The van der Waals surface area contributed by atoms with E-state index in [0.717, 1.165) is 0 Å². The highest BCUT2D eigenvalue weighted by molar-refractivity contribution is 7.01. The number of hydrogen-bond donors (Lipinski definition) is 0. The lowest BCUT2D eigenvalue weighted by Crippen LogP contribution is -2.63. The van der Waals surface area contributed by atoms with Crippen LogP contribution in [0.15, 0.2) is 24.3 Å². The molecule has 0 amide bonds. The van der Waals surface area contributed by atoms with Crippen LogP contribution in [-0.4, -0.2) is 32.9 Å². The summed E-state index contributed by atoms with van der Waals surface area (Å²) in [6, 6.07) is 9.25. The fraction of sp³-hybridized carbons (Fsp3) is 0.667. The molecule has 0 aromatic heterocycles. The van der Waals surface area contributed by atoms with Crippen LogP contribution in [0.4, 0.5) is 11.4 Å². The van der Waals surface area contributed by atoms with Crippen molar-refractivity contribution in [3.63, 3.8) is 0 Å². The van der Waals surface area contributed by atoms with Crippen LogP contribution < -0.4 is 8.46 Å². The SMILES string of the molecule is C[Si](C)(C)N(c1ccccc1N([Si](C)(C)C)[Si](C)(C)C)[Si](C)(C)C. The first kappa shape index (κ1) is 21.7. The van der Waals surface area contributed by atoms with Gasteiger partial charge in [0, 0.05) is 11.4 Å². The third kappa shape index (κ3) is 5.09. The Balaban J connectivity index is 3.71. The molecule has 1 aromatic rings. The Labute approximate surface area is 155 Å². The van der Waals surface area contributed by atoms with E-state index >= 15 is 0 Å². The topological polar surface area (TPSA) is 6.48 Å². The smallest absolute Gasteiger partial charge is 0.138 e. The van der Waals surface area contributed by atoms with Crippen LogP contribution >= 0.6 is 0 Å². The van der Waals surface area contributed by atoms with Gasteiger partial charge in [0.05, 0.1) is 0 Å². The number of benzene rings is 1. The van der Waals surface area contributed by atoms with E-state index in [0.29, 0.717) is 0 Å². The van der Waals surface area contributed by atoms with E-state index in [1.165, 1.54) is 11.4 Å². The summed E-state index contributed by atoms with van der Waals surface area (Å²) in [6.45, 7) is 29.9. The van der Waals surface area contributed by atoms with Gasteiger partial charge >= 0.3 is 0 Å². The van der Waals surface area contributed by atoms with E-state index in [2.05, 4.69) is 111 Å². The summed E-state index contributed by atoms with van der Waals surface area (Å²) < 4.78 is 5.76. The first-order chi connectivity index (χ1) is 10.5. The molecule has 0 heterocycles. The first-order valence-corrected chi connectivity index (χ1v) is 23.0. The molecule has 0 aliphatic rings. The molecule has 0 saturated carbocycles. The molecule has 0 unspecified atom stereocenters. The predicted molar refractivity (Wildman–Crippen MR) is 125 cm³/mol. The minimum Gasteiger partial charge on any atom is -0.423 e. The normalized spacial score (nSPS) is 13.8. The van der Waals surface area contributed by atoms with Crippen molar-refractivity contribution < 1.29 is 0 Å². The second kappa shape index (κ2) is 6.77. The van der Waals surface area contributed by atoms with Gasteiger partial charge in [-0.05, 0) is 12.1 Å². The highest BCUT2D eigenvalue weighted by Gasteiger charge is 2.40. The second-order valence-corrected chi connectivity index (χ2v) is 30.9. The molecule has 0 radical (unpaired) electrons. The lowest BCUT2D eigenvalue weighted by molar-refractivity contribution is 1.30. The van der Waals surface area contributed by atoms with Gasteiger partial charge in [-0.2, -0.15) is 0 Å². The van der Waals surface area contributed by atoms with Gasteiger partial charge in [-0.15, -0.1) is 0 Å². The van der Waals surface area contributed by atoms with E-state index in [9.17, 15) is 0 Å². The Hall–Kier alpha value is -0.312. The molecule has 1 aromatic carbocycles. The van der Waals surface area contributed by atoms with Gasteiger partial charge < -0.3 is 8.46 Å². The van der Waals surface area contributed by atoms with Crippen LogP contribution in [0.25, 0.3) is 0 Å². The van der Waals surface area contributed by atoms with Crippen molar-refractivity contribution in [1.82, 2.24) is 0 Å². The van der Waals surface area contributed by atoms with Crippen molar-refractivity contribution in [2.75, 3.05) is 8.46 Å². The second-order valence-electron chi connectivity index (χ2n) is 10.8. The highest BCUT2D eigenvalue weighted by Crippen LogP contribution is 2.40. The average molecular weight is 397 g/mol. The van der Waals surface area contributed by atoms with E-state index < -0.39 is 32.9 Å². The summed E-state index contributed by atoms with van der Waals surface area (Å²) in [5.74, 6) is 0. The maximum atomic E-state index is 2.88. The van der Waals surface area contributed by atoms with Gasteiger partial charge in [-0.1, -0.05) is 90.7 Å². The third-order valence-electron chi connectivity index (χ3n) is 4.05. The zero-order chi connectivity index (χ0) is 19.1. The predicted octanol–water partition coefficient (Wildman–Crippen LogP) is 6.64. The summed E-state index contributed by atoms with van der Waals surface area (Å²) in [5.41, 5.74) is 3.00. The molecule has 0 N–H and O–H groups in total. The maximum absolute atomic E-state index is 2.88. The van der Waals surface area contributed by atoms with Crippen LogP contribution in [-0.2, 0) is 0 Å². The van der Waals surface area contributed by atoms with Gasteiger partial charge in [0.15, 0.2) is 0 Å². The molecule has 2 nitrogen and oxygen atoms in total. The molecule has 24 heavy (non-hydrogen) atoms. The zero-order valence-corrected chi connectivity index (χ0v) is 22.2. The summed E-state index contributed by atoms with van der Waals surface area (Å²) in [4.78, 5) is 0. The molecule has 0 saturated heterocycles. The Morgan fingerprint density at radius 2 is 0.667 bits per heavy atom. The molecule has 0 fully saturated rings. The van der Waals surface area contributed by atoms with Gasteiger partial charge in [-0.25, -0.2) is 0 Å². The molecule has 6 heteroatoms. The molecule has 138 valence electrons. The highest BCUT2D eigenvalue weighted by atomic mass is 28.4. The zero-order valence-electron chi connectivity index (χ0n) is 18.2. The van der Waals surface area contributed by atoms with Crippen molar-refractivity contribution in [2.24, 2.45) is 0 Å². The molecule has 0 atom stereocenters. The Bertz CT molecular complexity index is 481. The molecule has 0 aliphatic heterocycles. The molecular weight excluding hydrogens is 357 g/mol. The molecule has 0 aliphatic carbocycles. The van der Waals surface area contributed by atoms with Crippen molar-refractivity contribution in [3.8, 4) is 0 Å². The van der Waals surface area contributed by atoms with Gasteiger partial charge in [0.25, 0.3) is 0 Å². The Kier molecular flexibility index (Phi) is 6.13. The quantitative estimate of drug-likeness (QED) is 0.497. The molecule has 0 spiro atoms. The van der Waals surface area contributed by atoms with Gasteiger partial charge in [-0.3, -0.25) is 0 Å². The standard InChI is InChI=1S/C18H40N2Si4/c1-21(2,3)19(22(4,5)6)17-15-13-14-16-18(17)20(23(7,8)9)24(10,11)12/h13-16H,1-12H3. The summed E-state index contributed by atoms with van der Waals surface area (Å²) in [6.07, 6.45) is 0. The number of rotatable bonds is 6. The number of para-hydroxylation sites is 2. The molecular formula is C18H40N2Si4. The monoisotopic (exact) mass is 396 g/mol. The van der Waals surface area contributed by atoms with Crippen molar-refractivity contribution in [2.45, 2.75) is 78.6 Å². The van der Waals surface area contributed by atoms with E-state index in [-0.39, 0.29) is 0 Å². The largest absolute Gasteiger partial charge is 0.423 e. The fourth-order valence-corrected chi connectivity index (χ4v) is 24.0. The van der Waals surface area contributed by atoms with Crippen molar-refractivity contribution in [3.05, 3.63) is 24.3 Å². The average Bonchev–Trinajstić information content (AvgIpc) is 2.23. The minimum absolute atomic E-state index is 1.46. The minimum atomic E-state index is -1.46. The van der Waals surface area contributed by atoms with Gasteiger partial charge in [0.2, 0.25) is 0 Å². The molecule has 0 bridgehead atoms. The molecule has 1 rings (SSSR count). The number of nitrogens with zero attached hydrogens (tertiary/aromatic N) is 2. The fourth-order valence-electron chi connectivity index (χ4n) is 4.30. The van der Waals surface area contributed by atoms with E-state index in [1.807, 2.05) is 0 Å². The maximum Gasteiger partial charge on any atom is 0.138 e. The lowest BCUT2D eigenvalue weighted by atomic mass is 10.3. The third-order valence-corrected chi connectivity index (χ3v) is 18.4. The summed E-state index contributed by atoms with van der Waals surface area (Å²) in [5, 5.41) is 0. The van der Waals surface area contributed by atoms with E-state index in [1.54, 1.807) is 0 Å².